The molecule has 2 bridgehead atoms. The van der Waals surface area contributed by atoms with Crippen molar-refractivity contribution in [2.75, 3.05) is 26.2 Å². The maximum absolute atomic E-state index is 3.58. The van der Waals surface area contributed by atoms with E-state index in [-0.39, 0.29) is 0 Å². The van der Waals surface area contributed by atoms with Gasteiger partial charge in [-0.1, -0.05) is 13.3 Å². The van der Waals surface area contributed by atoms with Crippen LogP contribution in [0.2, 0.25) is 0 Å². The normalized spacial score (nSPS) is 35.4. The summed E-state index contributed by atoms with van der Waals surface area (Å²) >= 11 is 0. The molecule has 0 aliphatic heterocycles. The molecular formula is C12H24N2. The molecule has 0 saturated heterocycles. The van der Waals surface area contributed by atoms with E-state index in [1.807, 2.05) is 0 Å². The summed E-state index contributed by atoms with van der Waals surface area (Å²) < 4.78 is 0. The number of hydrogen-bond acceptors (Lipinski definition) is 2. The van der Waals surface area contributed by atoms with Gasteiger partial charge >= 0.3 is 0 Å². The van der Waals surface area contributed by atoms with E-state index in [1.54, 1.807) is 6.42 Å². The Balaban J connectivity index is 1.54. The lowest BCUT2D eigenvalue weighted by Gasteiger charge is -2.21. The molecule has 0 aromatic rings. The Morgan fingerprint density at radius 1 is 1.07 bits per heavy atom. The van der Waals surface area contributed by atoms with E-state index in [0.717, 1.165) is 37.4 Å². The van der Waals surface area contributed by atoms with Crippen LogP contribution in [-0.2, 0) is 0 Å². The number of likely N-dealkylation sites (N-methyl/N-ethyl adjacent to an activating group) is 1. The standard InChI is InChI=1S/C12H24N2/c1-2-13-5-6-14-9-12-8-10-3-4-11(12)7-10/h10-14H,2-9H2,1H3. The molecule has 2 aliphatic carbocycles. The van der Waals surface area contributed by atoms with Crippen molar-refractivity contribution in [3.05, 3.63) is 0 Å². The zero-order valence-electron chi connectivity index (χ0n) is 9.39. The van der Waals surface area contributed by atoms with Crippen molar-refractivity contribution in [3.8, 4) is 0 Å². The van der Waals surface area contributed by atoms with Gasteiger partial charge in [-0.2, -0.15) is 0 Å². The molecule has 2 heteroatoms. The van der Waals surface area contributed by atoms with Crippen LogP contribution in [0.4, 0.5) is 0 Å². The predicted octanol–water partition coefficient (Wildman–Crippen LogP) is 1.62. The van der Waals surface area contributed by atoms with Gasteiger partial charge in [0, 0.05) is 13.1 Å². The van der Waals surface area contributed by atoms with Crippen LogP contribution in [0.3, 0.4) is 0 Å². The van der Waals surface area contributed by atoms with Gasteiger partial charge in [-0.25, -0.2) is 0 Å². The fourth-order valence-electron chi connectivity index (χ4n) is 3.27. The van der Waals surface area contributed by atoms with Crippen molar-refractivity contribution in [2.45, 2.75) is 32.6 Å². The van der Waals surface area contributed by atoms with Gasteiger partial charge in [-0.3, -0.25) is 0 Å². The third-order valence-electron chi connectivity index (χ3n) is 4.02. The minimum absolute atomic E-state index is 1.01. The lowest BCUT2D eigenvalue weighted by molar-refractivity contribution is 0.319. The van der Waals surface area contributed by atoms with E-state index in [2.05, 4.69) is 17.6 Å². The zero-order chi connectivity index (χ0) is 9.80. The smallest absolute Gasteiger partial charge is 0.00768 e. The molecule has 2 rings (SSSR count). The molecule has 2 fully saturated rings. The van der Waals surface area contributed by atoms with E-state index >= 15 is 0 Å². The molecule has 3 unspecified atom stereocenters. The molecule has 0 radical (unpaired) electrons. The Hall–Kier alpha value is -0.0800. The summed E-state index contributed by atoms with van der Waals surface area (Å²) in [7, 11) is 0. The van der Waals surface area contributed by atoms with E-state index in [1.165, 1.54) is 25.8 Å². The SMILES string of the molecule is CCNCCNCC1CC2CCC1C2. The van der Waals surface area contributed by atoms with Crippen molar-refractivity contribution >= 4 is 0 Å². The Labute approximate surface area is 87.8 Å². The molecule has 14 heavy (non-hydrogen) atoms. The van der Waals surface area contributed by atoms with Crippen LogP contribution in [0, 0.1) is 17.8 Å². The van der Waals surface area contributed by atoms with E-state index in [4.69, 9.17) is 0 Å². The highest BCUT2D eigenvalue weighted by molar-refractivity contribution is 4.90. The summed E-state index contributed by atoms with van der Waals surface area (Å²) in [6.45, 7) is 6.79. The molecule has 2 N–H and O–H groups in total. The third kappa shape index (κ3) is 2.48. The second kappa shape index (κ2) is 5.13. The fraction of sp³-hybridized carbons (Fsp3) is 1.00. The number of nitrogens with one attached hydrogen (secondary N) is 2. The Bertz CT molecular complexity index is 170. The quantitative estimate of drug-likeness (QED) is 0.631. The van der Waals surface area contributed by atoms with Crippen LogP contribution >= 0.6 is 0 Å². The summed E-state index contributed by atoms with van der Waals surface area (Å²) in [5, 5.41) is 6.93. The average molecular weight is 196 g/mol. The van der Waals surface area contributed by atoms with E-state index in [0.29, 0.717) is 0 Å². The molecule has 2 saturated carbocycles. The van der Waals surface area contributed by atoms with E-state index < -0.39 is 0 Å². The largest absolute Gasteiger partial charge is 0.316 e. The Morgan fingerprint density at radius 2 is 1.93 bits per heavy atom. The minimum Gasteiger partial charge on any atom is -0.316 e. The number of fused-ring (bicyclic) bond motifs is 2. The molecular weight excluding hydrogens is 172 g/mol. The topological polar surface area (TPSA) is 24.1 Å². The lowest BCUT2D eigenvalue weighted by Crippen LogP contribution is -2.32. The van der Waals surface area contributed by atoms with Crippen LogP contribution in [-0.4, -0.2) is 26.2 Å². The summed E-state index contributed by atoms with van der Waals surface area (Å²) in [4.78, 5) is 0. The monoisotopic (exact) mass is 196 g/mol. The lowest BCUT2D eigenvalue weighted by atomic mass is 9.89. The van der Waals surface area contributed by atoms with Gasteiger partial charge in [0.2, 0.25) is 0 Å². The second-order valence-electron chi connectivity index (χ2n) is 4.99. The van der Waals surface area contributed by atoms with Gasteiger partial charge < -0.3 is 10.6 Å². The van der Waals surface area contributed by atoms with Crippen molar-refractivity contribution in [1.82, 2.24) is 10.6 Å². The van der Waals surface area contributed by atoms with Gasteiger partial charge in [-0.15, -0.1) is 0 Å². The van der Waals surface area contributed by atoms with Crippen LogP contribution in [0.15, 0.2) is 0 Å². The highest BCUT2D eigenvalue weighted by Crippen LogP contribution is 2.47. The second-order valence-corrected chi connectivity index (χ2v) is 4.99. The van der Waals surface area contributed by atoms with Crippen LogP contribution in [0.1, 0.15) is 32.6 Å². The Morgan fingerprint density at radius 3 is 2.57 bits per heavy atom. The highest BCUT2D eigenvalue weighted by Gasteiger charge is 2.38. The van der Waals surface area contributed by atoms with Gasteiger partial charge in [0.15, 0.2) is 0 Å². The average Bonchev–Trinajstić information content (AvgIpc) is 2.79. The van der Waals surface area contributed by atoms with Gasteiger partial charge in [-0.05, 0) is 50.1 Å². The molecule has 0 aromatic heterocycles. The van der Waals surface area contributed by atoms with Crippen molar-refractivity contribution in [3.63, 3.8) is 0 Å². The molecule has 0 heterocycles. The molecule has 0 spiro atoms. The third-order valence-corrected chi connectivity index (χ3v) is 4.02. The summed E-state index contributed by atoms with van der Waals surface area (Å²) in [5.41, 5.74) is 0. The van der Waals surface area contributed by atoms with Crippen LogP contribution in [0.5, 0.6) is 0 Å². The fourth-order valence-corrected chi connectivity index (χ4v) is 3.27. The Kier molecular flexibility index (Phi) is 3.82. The molecule has 3 atom stereocenters. The minimum atomic E-state index is 1.01. The maximum Gasteiger partial charge on any atom is 0.00768 e. The zero-order valence-corrected chi connectivity index (χ0v) is 9.39. The highest BCUT2D eigenvalue weighted by atomic mass is 14.9. The molecule has 0 aromatic carbocycles. The van der Waals surface area contributed by atoms with E-state index in [9.17, 15) is 0 Å². The first-order valence-electron chi connectivity index (χ1n) is 6.31. The maximum atomic E-state index is 3.58. The van der Waals surface area contributed by atoms with Gasteiger partial charge in [0.1, 0.15) is 0 Å². The molecule has 2 nitrogen and oxygen atoms in total. The summed E-state index contributed by atoms with van der Waals surface area (Å²) in [6, 6.07) is 0. The van der Waals surface area contributed by atoms with Crippen LogP contribution in [0.25, 0.3) is 0 Å². The van der Waals surface area contributed by atoms with Crippen molar-refractivity contribution < 1.29 is 0 Å². The van der Waals surface area contributed by atoms with Gasteiger partial charge in [0.25, 0.3) is 0 Å². The number of rotatable bonds is 6. The first-order valence-corrected chi connectivity index (χ1v) is 6.31. The van der Waals surface area contributed by atoms with Gasteiger partial charge in [0.05, 0.1) is 0 Å². The summed E-state index contributed by atoms with van der Waals surface area (Å²) in [6.07, 6.45) is 6.10. The summed E-state index contributed by atoms with van der Waals surface area (Å²) in [5.74, 6) is 3.18. The van der Waals surface area contributed by atoms with Crippen molar-refractivity contribution in [1.29, 1.82) is 0 Å². The first-order chi connectivity index (χ1) is 6.90. The van der Waals surface area contributed by atoms with Crippen molar-refractivity contribution in [2.24, 2.45) is 17.8 Å². The number of hydrogen-bond donors (Lipinski definition) is 2. The van der Waals surface area contributed by atoms with Crippen LogP contribution < -0.4 is 10.6 Å². The molecule has 0 amide bonds. The molecule has 82 valence electrons. The first kappa shape index (κ1) is 10.4. The predicted molar refractivity (Wildman–Crippen MR) is 60.4 cm³/mol. The molecule has 2 aliphatic rings.